The van der Waals surface area contributed by atoms with Crippen LogP contribution in [0.2, 0.25) is 0 Å². The maximum Gasteiger partial charge on any atom is 0.0647 e. The fraction of sp³-hybridized carbons (Fsp3) is 1.00. The Balaban J connectivity index is 0. The molecule has 0 aliphatic heterocycles. The molecule has 0 unspecified atom stereocenters. The Bertz CT molecular complexity index is 35.9. The summed E-state index contributed by atoms with van der Waals surface area (Å²) < 4.78 is 0. The molecule has 0 radical (unpaired) electrons. The molecule has 0 bridgehead atoms. The molecule has 5 nitrogen and oxygen atoms in total. The van der Waals surface area contributed by atoms with Gasteiger partial charge in [-0.1, -0.05) is 0 Å². The topological polar surface area (TPSA) is 130 Å². The normalized spacial score (nSPS) is 8.67. The standard InChI is InChI=1S/C2H9N3.C2H8N2/c3-1-2(4)5;3-1-2-4/h2H,1,3-5H2;1-4H2. The summed E-state index contributed by atoms with van der Waals surface area (Å²) in [5.41, 5.74) is 24.6. The van der Waals surface area contributed by atoms with Crippen molar-refractivity contribution in [1.29, 1.82) is 0 Å². The average Bonchev–Trinajstić information content (AvgIpc) is 1.89. The molecule has 0 aromatic carbocycles. The van der Waals surface area contributed by atoms with Crippen LogP contribution in [0.1, 0.15) is 0 Å². The van der Waals surface area contributed by atoms with E-state index in [1.807, 2.05) is 0 Å². The van der Waals surface area contributed by atoms with Crippen LogP contribution >= 0.6 is 0 Å². The van der Waals surface area contributed by atoms with E-state index in [4.69, 9.17) is 28.7 Å². The van der Waals surface area contributed by atoms with E-state index in [1.54, 1.807) is 0 Å². The van der Waals surface area contributed by atoms with Crippen molar-refractivity contribution in [3.05, 3.63) is 0 Å². The molecule has 0 saturated carbocycles. The van der Waals surface area contributed by atoms with Gasteiger partial charge in [-0.3, -0.25) is 0 Å². The molecule has 0 aromatic rings. The molecule has 9 heavy (non-hydrogen) atoms. The highest BCUT2D eigenvalue weighted by atomic mass is 14.9. The van der Waals surface area contributed by atoms with Crippen molar-refractivity contribution in [3.63, 3.8) is 0 Å². The summed E-state index contributed by atoms with van der Waals surface area (Å²) in [6.45, 7) is 1.56. The highest BCUT2D eigenvalue weighted by molar-refractivity contribution is 4.45. The van der Waals surface area contributed by atoms with Crippen LogP contribution < -0.4 is 28.7 Å². The number of rotatable bonds is 2. The first-order chi connectivity index (χ1) is 4.18. The Hall–Kier alpha value is -0.200. The molecule has 10 N–H and O–H groups in total. The van der Waals surface area contributed by atoms with Gasteiger partial charge in [0.2, 0.25) is 0 Å². The third-order valence-electron chi connectivity index (χ3n) is 0.439. The zero-order valence-electron chi connectivity index (χ0n) is 5.59. The van der Waals surface area contributed by atoms with E-state index >= 15 is 0 Å². The van der Waals surface area contributed by atoms with Crippen LogP contribution in [0.15, 0.2) is 0 Å². The number of nitrogens with two attached hydrogens (primary N) is 5. The van der Waals surface area contributed by atoms with Gasteiger partial charge in [0.15, 0.2) is 0 Å². The van der Waals surface area contributed by atoms with E-state index in [0.717, 1.165) is 0 Å². The van der Waals surface area contributed by atoms with Crippen LogP contribution in [0.3, 0.4) is 0 Å². The van der Waals surface area contributed by atoms with E-state index in [-0.39, 0.29) is 6.17 Å². The molecule has 5 heteroatoms. The quantitative estimate of drug-likeness (QED) is 0.259. The van der Waals surface area contributed by atoms with Crippen LogP contribution in [0, 0.1) is 0 Å². The molecule has 0 atom stereocenters. The van der Waals surface area contributed by atoms with Crippen molar-refractivity contribution in [1.82, 2.24) is 0 Å². The first-order valence-electron chi connectivity index (χ1n) is 2.80. The minimum absolute atomic E-state index is 0.338. The summed E-state index contributed by atoms with van der Waals surface area (Å²) in [7, 11) is 0. The van der Waals surface area contributed by atoms with Crippen molar-refractivity contribution in [2.45, 2.75) is 6.17 Å². The van der Waals surface area contributed by atoms with Crippen LogP contribution in [-0.4, -0.2) is 25.8 Å². The molecule has 0 heterocycles. The lowest BCUT2D eigenvalue weighted by Gasteiger charge is -1.93. The third kappa shape index (κ3) is 33.5. The second-order valence-electron chi connectivity index (χ2n) is 1.48. The zero-order valence-corrected chi connectivity index (χ0v) is 5.59. The lowest BCUT2D eigenvalue weighted by Crippen LogP contribution is -2.37. The molecule has 0 saturated heterocycles. The minimum Gasteiger partial charge on any atom is -0.329 e. The Morgan fingerprint density at radius 2 is 1.11 bits per heavy atom. The first-order valence-corrected chi connectivity index (χ1v) is 2.80. The SMILES string of the molecule is NCC(N)N.NCCN. The Morgan fingerprint density at radius 3 is 1.11 bits per heavy atom. The molecule has 0 amide bonds. The molecule has 0 aliphatic carbocycles. The smallest absolute Gasteiger partial charge is 0.0647 e. The van der Waals surface area contributed by atoms with E-state index in [2.05, 4.69) is 0 Å². The Kier molecular flexibility index (Phi) is 13.8. The summed E-state index contributed by atoms with van der Waals surface area (Å²) in [5, 5.41) is 0. The number of hydrogen-bond donors (Lipinski definition) is 5. The van der Waals surface area contributed by atoms with Crippen LogP contribution in [0.5, 0.6) is 0 Å². The Labute approximate surface area is 55.5 Å². The average molecular weight is 135 g/mol. The Morgan fingerprint density at radius 1 is 0.889 bits per heavy atom. The van der Waals surface area contributed by atoms with Crippen LogP contribution in [0.4, 0.5) is 0 Å². The van der Waals surface area contributed by atoms with E-state index in [1.165, 1.54) is 0 Å². The van der Waals surface area contributed by atoms with Crippen molar-refractivity contribution < 1.29 is 0 Å². The highest BCUT2D eigenvalue weighted by Gasteiger charge is 1.79. The van der Waals surface area contributed by atoms with Gasteiger partial charge in [-0.05, 0) is 0 Å². The van der Waals surface area contributed by atoms with Gasteiger partial charge >= 0.3 is 0 Å². The molecule has 0 aliphatic rings. The fourth-order valence-corrected chi connectivity index (χ4v) is 0. The largest absolute Gasteiger partial charge is 0.329 e. The van der Waals surface area contributed by atoms with Gasteiger partial charge in [-0.25, -0.2) is 0 Å². The van der Waals surface area contributed by atoms with Gasteiger partial charge in [-0.15, -0.1) is 0 Å². The summed E-state index contributed by atoms with van der Waals surface area (Å²) >= 11 is 0. The number of hydrogen-bond acceptors (Lipinski definition) is 5. The zero-order chi connectivity index (χ0) is 7.70. The van der Waals surface area contributed by atoms with Crippen molar-refractivity contribution >= 4 is 0 Å². The summed E-state index contributed by atoms with van der Waals surface area (Å²) in [4.78, 5) is 0. The second kappa shape index (κ2) is 10.7. The highest BCUT2D eigenvalue weighted by Crippen LogP contribution is 1.43. The van der Waals surface area contributed by atoms with Crippen molar-refractivity contribution in [2.24, 2.45) is 28.7 Å². The molecular formula is C4H17N5. The summed E-state index contributed by atoms with van der Waals surface area (Å²) in [6, 6.07) is 0. The monoisotopic (exact) mass is 135 g/mol. The molecule has 58 valence electrons. The van der Waals surface area contributed by atoms with E-state index in [0.29, 0.717) is 19.6 Å². The predicted molar refractivity (Wildman–Crippen MR) is 39.3 cm³/mol. The van der Waals surface area contributed by atoms with Gasteiger partial charge in [0.25, 0.3) is 0 Å². The van der Waals surface area contributed by atoms with Gasteiger partial charge < -0.3 is 28.7 Å². The van der Waals surface area contributed by atoms with Crippen molar-refractivity contribution in [2.75, 3.05) is 19.6 Å². The lowest BCUT2D eigenvalue weighted by atomic mass is 10.6. The first kappa shape index (κ1) is 11.6. The van der Waals surface area contributed by atoms with Crippen LogP contribution in [-0.2, 0) is 0 Å². The van der Waals surface area contributed by atoms with Crippen molar-refractivity contribution in [3.8, 4) is 0 Å². The summed E-state index contributed by atoms with van der Waals surface area (Å²) in [5.74, 6) is 0. The molecule has 0 spiro atoms. The van der Waals surface area contributed by atoms with Gasteiger partial charge in [0.05, 0.1) is 6.17 Å². The molecule has 0 fully saturated rings. The second-order valence-corrected chi connectivity index (χ2v) is 1.48. The molecule has 0 aromatic heterocycles. The van der Waals surface area contributed by atoms with Gasteiger partial charge in [-0.2, -0.15) is 0 Å². The van der Waals surface area contributed by atoms with Gasteiger partial charge in [0, 0.05) is 19.6 Å². The fourth-order valence-electron chi connectivity index (χ4n) is 0. The maximum atomic E-state index is 4.94. The molecular weight excluding hydrogens is 118 g/mol. The third-order valence-corrected chi connectivity index (χ3v) is 0.439. The summed E-state index contributed by atoms with van der Waals surface area (Å²) in [6.07, 6.45) is -0.338. The van der Waals surface area contributed by atoms with Crippen LogP contribution in [0.25, 0.3) is 0 Å². The van der Waals surface area contributed by atoms with Gasteiger partial charge in [0.1, 0.15) is 0 Å². The minimum atomic E-state index is -0.338. The van der Waals surface area contributed by atoms with E-state index in [9.17, 15) is 0 Å². The lowest BCUT2D eigenvalue weighted by molar-refractivity contribution is 0.718. The maximum absolute atomic E-state index is 4.94. The predicted octanol–water partition coefficient (Wildman–Crippen LogP) is -2.91. The van der Waals surface area contributed by atoms with E-state index < -0.39 is 0 Å². The molecule has 0 rings (SSSR count).